The second-order valence-corrected chi connectivity index (χ2v) is 5.36. The van der Waals surface area contributed by atoms with Gasteiger partial charge in [-0.3, -0.25) is 0 Å². The molecule has 19 heavy (non-hydrogen) atoms. The van der Waals surface area contributed by atoms with Gasteiger partial charge in [0, 0.05) is 17.5 Å². The topological polar surface area (TPSA) is 44.2 Å². The SMILES string of the molecule is Clc1nccc(Sc2ccc3c(c2)OCCCO3)n1. The number of benzene rings is 1. The smallest absolute Gasteiger partial charge is 0.223 e. The summed E-state index contributed by atoms with van der Waals surface area (Å²) in [5.74, 6) is 1.57. The van der Waals surface area contributed by atoms with Crippen LogP contribution in [0.2, 0.25) is 5.28 Å². The van der Waals surface area contributed by atoms with Gasteiger partial charge in [-0.15, -0.1) is 0 Å². The highest BCUT2D eigenvalue weighted by molar-refractivity contribution is 7.99. The molecule has 0 fully saturated rings. The molecule has 0 radical (unpaired) electrons. The van der Waals surface area contributed by atoms with Crippen LogP contribution in [-0.4, -0.2) is 23.2 Å². The van der Waals surface area contributed by atoms with Gasteiger partial charge in [0.2, 0.25) is 5.28 Å². The van der Waals surface area contributed by atoms with E-state index < -0.39 is 0 Å². The van der Waals surface area contributed by atoms with E-state index in [1.165, 1.54) is 11.8 Å². The quantitative estimate of drug-likeness (QED) is 0.627. The van der Waals surface area contributed by atoms with Gasteiger partial charge >= 0.3 is 0 Å². The molecule has 0 atom stereocenters. The van der Waals surface area contributed by atoms with E-state index >= 15 is 0 Å². The average Bonchev–Trinajstić information content (AvgIpc) is 2.63. The first-order chi connectivity index (χ1) is 9.31. The normalized spacial score (nSPS) is 13.9. The lowest BCUT2D eigenvalue weighted by Crippen LogP contribution is -1.97. The van der Waals surface area contributed by atoms with E-state index in [1.807, 2.05) is 24.3 Å². The molecule has 1 aliphatic heterocycles. The molecule has 0 unspecified atom stereocenters. The van der Waals surface area contributed by atoms with Gasteiger partial charge in [0.25, 0.3) is 0 Å². The van der Waals surface area contributed by atoms with E-state index in [9.17, 15) is 0 Å². The van der Waals surface area contributed by atoms with Crippen LogP contribution < -0.4 is 9.47 Å². The molecule has 0 N–H and O–H groups in total. The molecule has 0 bridgehead atoms. The van der Waals surface area contributed by atoms with Crippen molar-refractivity contribution >= 4 is 23.4 Å². The number of rotatable bonds is 2. The van der Waals surface area contributed by atoms with Crippen LogP contribution in [0.15, 0.2) is 40.4 Å². The summed E-state index contributed by atoms with van der Waals surface area (Å²) in [5.41, 5.74) is 0. The highest BCUT2D eigenvalue weighted by Crippen LogP contribution is 2.36. The van der Waals surface area contributed by atoms with Crippen LogP contribution in [0.5, 0.6) is 11.5 Å². The molecule has 0 spiro atoms. The number of hydrogen-bond donors (Lipinski definition) is 0. The first kappa shape index (κ1) is 12.6. The highest BCUT2D eigenvalue weighted by Gasteiger charge is 2.11. The number of halogens is 1. The Morgan fingerprint density at radius 2 is 1.95 bits per heavy atom. The molecule has 0 amide bonds. The number of fused-ring (bicyclic) bond motifs is 1. The summed E-state index contributed by atoms with van der Waals surface area (Å²) in [4.78, 5) is 9.03. The third-order valence-corrected chi connectivity index (χ3v) is 3.65. The van der Waals surface area contributed by atoms with E-state index in [0.717, 1.165) is 27.8 Å². The molecule has 98 valence electrons. The first-order valence-corrected chi connectivity index (χ1v) is 7.07. The van der Waals surface area contributed by atoms with Gasteiger partial charge in [-0.25, -0.2) is 9.97 Å². The minimum Gasteiger partial charge on any atom is -0.490 e. The predicted molar refractivity (Wildman–Crippen MR) is 73.2 cm³/mol. The molecule has 4 nitrogen and oxygen atoms in total. The molecule has 0 saturated carbocycles. The van der Waals surface area contributed by atoms with Crippen LogP contribution in [0.1, 0.15) is 6.42 Å². The zero-order valence-corrected chi connectivity index (χ0v) is 11.6. The van der Waals surface area contributed by atoms with Crippen molar-refractivity contribution in [2.45, 2.75) is 16.3 Å². The zero-order valence-electron chi connectivity index (χ0n) is 10.0. The molecule has 2 heterocycles. The zero-order chi connectivity index (χ0) is 13.1. The van der Waals surface area contributed by atoms with Gasteiger partial charge in [0.15, 0.2) is 11.5 Å². The lowest BCUT2D eigenvalue weighted by Gasteiger charge is -2.08. The van der Waals surface area contributed by atoms with E-state index in [4.69, 9.17) is 21.1 Å². The minimum absolute atomic E-state index is 0.249. The monoisotopic (exact) mass is 294 g/mol. The van der Waals surface area contributed by atoms with E-state index in [2.05, 4.69) is 9.97 Å². The summed E-state index contributed by atoms with van der Waals surface area (Å²) in [7, 11) is 0. The fourth-order valence-electron chi connectivity index (χ4n) is 1.70. The maximum Gasteiger partial charge on any atom is 0.223 e. The van der Waals surface area contributed by atoms with Gasteiger partial charge in [-0.1, -0.05) is 11.8 Å². The predicted octanol–water partition coefficient (Wildman–Crippen LogP) is 3.44. The Balaban J connectivity index is 1.84. The summed E-state index contributed by atoms with van der Waals surface area (Å²) in [6, 6.07) is 7.68. The van der Waals surface area contributed by atoms with Crippen molar-refractivity contribution < 1.29 is 9.47 Å². The Bertz CT molecular complexity index is 595. The van der Waals surface area contributed by atoms with Crippen molar-refractivity contribution in [3.8, 4) is 11.5 Å². The molecule has 2 aromatic rings. The third kappa shape index (κ3) is 3.11. The van der Waals surface area contributed by atoms with Crippen molar-refractivity contribution in [3.63, 3.8) is 0 Å². The molecule has 0 saturated heterocycles. The van der Waals surface area contributed by atoms with Crippen molar-refractivity contribution in [1.82, 2.24) is 9.97 Å². The van der Waals surface area contributed by atoms with Crippen LogP contribution in [0.25, 0.3) is 0 Å². The molecular weight excluding hydrogens is 284 g/mol. The van der Waals surface area contributed by atoms with Crippen LogP contribution in [-0.2, 0) is 0 Å². The first-order valence-electron chi connectivity index (χ1n) is 5.87. The Hall–Kier alpha value is -1.46. The fraction of sp³-hybridized carbons (Fsp3) is 0.231. The Labute approximate surface area is 120 Å². The van der Waals surface area contributed by atoms with Gasteiger partial charge < -0.3 is 9.47 Å². The van der Waals surface area contributed by atoms with Crippen LogP contribution >= 0.6 is 23.4 Å². The molecular formula is C13H11ClN2O2S. The summed E-state index contributed by atoms with van der Waals surface area (Å²) >= 11 is 7.28. The fourth-order valence-corrected chi connectivity index (χ4v) is 2.71. The highest BCUT2D eigenvalue weighted by atomic mass is 35.5. The van der Waals surface area contributed by atoms with Crippen LogP contribution in [0.3, 0.4) is 0 Å². The van der Waals surface area contributed by atoms with Gasteiger partial charge in [-0.2, -0.15) is 0 Å². The van der Waals surface area contributed by atoms with Crippen LogP contribution in [0, 0.1) is 0 Å². The molecule has 6 heteroatoms. The summed E-state index contributed by atoms with van der Waals surface area (Å²) in [5, 5.41) is 1.05. The number of hydrogen-bond acceptors (Lipinski definition) is 5. The lowest BCUT2D eigenvalue weighted by atomic mass is 10.3. The summed E-state index contributed by atoms with van der Waals surface area (Å²) < 4.78 is 11.2. The largest absolute Gasteiger partial charge is 0.490 e. The molecule has 0 aliphatic carbocycles. The summed E-state index contributed by atoms with van der Waals surface area (Å²) in [6.07, 6.45) is 2.54. The van der Waals surface area contributed by atoms with E-state index in [-0.39, 0.29) is 5.28 Å². The minimum atomic E-state index is 0.249. The standard InChI is InChI=1S/C13H11ClN2O2S/c14-13-15-5-4-12(16-13)19-9-2-3-10-11(8-9)18-7-1-6-17-10/h2-5,8H,1,6-7H2. The lowest BCUT2D eigenvalue weighted by molar-refractivity contribution is 0.297. The second kappa shape index (κ2) is 5.67. The average molecular weight is 295 g/mol. The molecule has 1 aliphatic rings. The van der Waals surface area contributed by atoms with Gasteiger partial charge in [0.1, 0.15) is 5.03 Å². The number of ether oxygens (including phenoxy) is 2. The van der Waals surface area contributed by atoms with Gasteiger partial charge in [-0.05, 0) is 35.9 Å². The van der Waals surface area contributed by atoms with E-state index in [1.54, 1.807) is 6.20 Å². The Morgan fingerprint density at radius 3 is 2.79 bits per heavy atom. The Morgan fingerprint density at radius 1 is 1.11 bits per heavy atom. The number of nitrogens with zero attached hydrogens (tertiary/aromatic N) is 2. The Kier molecular flexibility index (Phi) is 3.75. The van der Waals surface area contributed by atoms with Crippen molar-refractivity contribution in [1.29, 1.82) is 0 Å². The van der Waals surface area contributed by atoms with Gasteiger partial charge in [0.05, 0.1) is 13.2 Å². The molecule has 1 aromatic heterocycles. The third-order valence-electron chi connectivity index (χ3n) is 2.54. The second-order valence-electron chi connectivity index (χ2n) is 3.92. The van der Waals surface area contributed by atoms with Crippen molar-refractivity contribution in [3.05, 3.63) is 35.7 Å². The molecule has 3 rings (SSSR count). The summed E-state index contributed by atoms with van der Waals surface area (Å²) in [6.45, 7) is 1.38. The maximum absolute atomic E-state index is 5.77. The van der Waals surface area contributed by atoms with E-state index in [0.29, 0.717) is 13.2 Å². The van der Waals surface area contributed by atoms with Crippen molar-refractivity contribution in [2.75, 3.05) is 13.2 Å². The molecule has 1 aromatic carbocycles. The maximum atomic E-state index is 5.77. The number of aromatic nitrogens is 2. The van der Waals surface area contributed by atoms with Crippen molar-refractivity contribution in [2.24, 2.45) is 0 Å². The van der Waals surface area contributed by atoms with Crippen LogP contribution in [0.4, 0.5) is 0 Å².